The molecule has 4 nitrogen and oxygen atoms in total. The first kappa shape index (κ1) is 19.3. The molecule has 0 saturated heterocycles. The van der Waals surface area contributed by atoms with Gasteiger partial charge in [-0.2, -0.15) is 18.3 Å². The van der Waals surface area contributed by atoms with Gasteiger partial charge >= 0.3 is 6.18 Å². The molecule has 1 N–H and O–H groups in total. The highest BCUT2D eigenvalue weighted by Gasteiger charge is 2.40. The predicted molar refractivity (Wildman–Crippen MR) is 90.0 cm³/mol. The number of rotatable bonds is 4. The van der Waals surface area contributed by atoms with E-state index in [0.717, 1.165) is 6.20 Å². The third-order valence-electron chi connectivity index (χ3n) is 3.50. The van der Waals surface area contributed by atoms with Crippen LogP contribution >= 0.6 is 11.6 Å². The van der Waals surface area contributed by atoms with Gasteiger partial charge in [-0.15, -0.1) is 0 Å². The molecular formula is C17H19ClF3N3O. The van der Waals surface area contributed by atoms with Crippen molar-refractivity contribution in [2.75, 3.05) is 6.54 Å². The van der Waals surface area contributed by atoms with E-state index in [1.165, 1.54) is 18.2 Å². The normalized spacial score (nSPS) is 12.3. The average Bonchev–Trinajstić information content (AvgIpc) is 2.90. The molecule has 0 saturated carbocycles. The van der Waals surface area contributed by atoms with Crippen molar-refractivity contribution in [3.8, 4) is 5.69 Å². The SMILES string of the molecule is CC(C)(C)CCNC(=O)c1cnn(-c2cccc(Cl)c2)c1C(F)(F)F. The van der Waals surface area contributed by atoms with Crippen LogP contribution in [0, 0.1) is 5.41 Å². The highest BCUT2D eigenvalue weighted by molar-refractivity contribution is 6.30. The van der Waals surface area contributed by atoms with Crippen LogP contribution in [0.15, 0.2) is 30.5 Å². The number of halogens is 4. The molecule has 0 unspecified atom stereocenters. The van der Waals surface area contributed by atoms with E-state index in [1.807, 2.05) is 20.8 Å². The molecule has 2 rings (SSSR count). The number of hydrogen-bond acceptors (Lipinski definition) is 2. The van der Waals surface area contributed by atoms with Gasteiger partial charge in [-0.3, -0.25) is 4.79 Å². The fourth-order valence-electron chi connectivity index (χ4n) is 2.24. The first-order valence-electron chi connectivity index (χ1n) is 7.68. The van der Waals surface area contributed by atoms with Crippen LogP contribution in [0.4, 0.5) is 13.2 Å². The summed E-state index contributed by atoms with van der Waals surface area (Å²) in [5.74, 6) is -0.801. The van der Waals surface area contributed by atoms with Crippen LogP contribution in [0.1, 0.15) is 43.2 Å². The van der Waals surface area contributed by atoms with Crippen molar-refractivity contribution in [2.24, 2.45) is 5.41 Å². The van der Waals surface area contributed by atoms with Gasteiger partial charge in [0.25, 0.3) is 5.91 Å². The quantitative estimate of drug-likeness (QED) is 0.843. The summed E-state index contributed by atoms with van der Waals surface area (Å²) in [6.45, 7) is 6.23. The molecule has 25 heavy (non-hydrogen) atoms. The number of carbonyl (C=O) groups excluding carboxylic acids is 1. The van der Waals surface area contributed by atoms with Gasteiger partial charge in [-0.05, 0) is 30.0 Å². The van der Waals surface area contributed by atoms with Crippen molar-refractivity contribution in [1.82, 2.24) is 15.1 Å². The topological polar surface area (TPSA) is 46.9 Å². The Hall–Kier alpha value is -2.02. The maximum atomic E-state index is 13.5. The Labute approximate surface area is 149 Å². The second-order valence-electron chi connectivity index (χ2n) is 6.86. The zero-order chi connectivity index (χ0) is 18.8. The van der Waals surface area contributed by atoms with Crippen LogP contribution in [-0.4, -0.2) is 22.2 Å². The Balaban J connectivity index is 2.35. The van der Waals surface area contributed by atoms with E-state index < -0.39 is 23.3 Å². The Morgan fingerprint density at radius 3 is 2.52 bits per heavy atom. The van der Waals surface area contributed by atoms with Gasteiger partial charge in [0.2, 0.25) is 0 Å². The zero-order valence-electron chi connectivity index (χ0n) is 14.1. The Kier molecular flexibility index (Phi) is 5.46. The number of alkyl halides is 3. The number of benzene rings is 1. The van der Waals surface area contributed by atoms with Crippen LogP contribution in [0.5, 0.6) is 0 Å². The summed E-state index contributed by atoms with van der Waals surface area (Å²) in [6.07, 6.45) is -3.17. The Morgan fingerprint density at radius 2 is 1.96 bits per heavy atom. The molecule has 0 spiro atoms. The summed E-state index contributed by atoms with van der Waals surface area (Å²) in [5, 5.41) is 6.55. The number of nitrogens with zero attached hydrogens (tertiary/aromatic N) is 2. The maximum absolute atomic E-state index is 13.5. The molecule has 8 heteroatoms. The van der Waals surface area contributed by atoms with Crippen LogP contribution in [-0.2, 0) is 6.18 Å². The standard InChI is InChI=1S/C17H19ClF3N3O/c1-16(2,3)7-8-22-15(25)13-10-23-24(14(13)17(19,20)21)12-6-4-5-11(18)9-12/h4-6,9-10H,7-8H2,1-3H3,(H,22,25). The van der Waals surface area contributed by atoms with E-state index in [-0.39, 0.29) is 22.7 Å². The fourth-order valence-corrected chi connectivity index (χ4v) is 2.42. The minimum absolute atomic E-state index is 0.0366. The molecule has 1 aromatic heterocycles. The van der Waals surface area contributed by atoms with E-state index in [1.54, 1.807) is 6.07 Å². The second-order valence-corrected chi connectivity index (χ2v) is 7.30. The Bertz CT molecular complexity index is 763. The molecule has 0 fully saturated rings. The molecular weight excluding hydrogens is 355 g/mol. The number of aromatic nitrogens is 2. The summed E-state index contributed by atoms with van der Waals surface area (Å²) >= 11 is 5.84. The third-order valence-corrected chi connectivity index (χ3v) is 3.73. The average molecular weight is 374 g/mol. The van der Waals surface area contributed by atoms with E-state index in [9.17, 15) is 18.0 Å². The lowest BCUT2D eigenvalue weighted by molar-refractivity contribution is -0.143. The summed E-state index contributed by atoms with van der Waals surface area (Å²) in [4.78, 5) is 12.2. The first-order chi connectivity index (χ1) is 11.5. The summed E-state index contributed by atoms with van der Waals surface area (Å²) in [7, 11) is 0. The van der Waals surface area contributed by atoms with Crippen LogP contribution in [0.25, 0.3) is 5.69 Å². The van der Waals surface area contributed by atoms with Gasteiger partial charge in [0.15, 0.2) is 5.69 Å². The molecule has 2 aromatic rings. The molecule has 1 heterocycles. The number of nitrogens with one attached hydrogen (secondary N) is 1. The predicted octanol–water partition coefficient (Wildman–Crippen LogP) is 4.71. The van der Waals surface area contributed by atoms with Crippen LogP contribution in [0.3, 0.4) is 0 Å². The molecule has 0 aliphatic heterocycles. The second kappa shape index (κ2) is 7.07. The lowest BCUT2D eigenvalue weighted by Gasteiger charge is -2.18. The number of hydrogen-bond donors (Lipinski definition) is 1. The minimum Gasteiger partial charge on any atom is -0.352 e. The molecule has 0 bridgehead atoms. The molecule has 136 valence electrons. The monoisotopic (exact) mass is 373 g/mol. The largest absolute Gasteiger partial charge is 0.434 e. The molecule has 0 atom stereocenters. The van der Waals surface area contributed by atoms with Gasteiger partial charge in [0, 0.05) is 11.6 Å². The molecule has 0 radical (unpaired) electrons. The molecule has 1 aromatic carbocycles. The lowest BCUT2D eigenvalue weighted by atomic mass is 9.92. The smallest absolute Gasteiger partial charge is 0.352 e. The van der Waals surface area contributed by atoms with Crippen molar-refractivity contribution in [3.05, 3.63) is 46.7 Å². The molecule has 0 aliphatic rings. The summed E-state index contributed by atoms with van der Waals surface area (Å²) in [6, 6.07) is 5.85. The van der Waals surface area contributed by atoms with Crippen molar-refractivity contribution >= 4 is 17.5 Å². The van der Waals surface area contributed by atoms with Crippen molar-refractivity contribution in [1.29, 1.82) is 0 Å². The van der Waals surface area contributed by atoms with Gasteiger partial charge in [-0.1, -0.05) is 38.4 Å². The summed E-state index contributed by atoms with van der Waals surface area (Å²) in [5.41, 5.74) is -1.54. The van der Waals surface area contributed by atoms with Crippen molar-refractivity contribution < 1.29 is 18.0 Å². The number of amides is 1. The maximum Gasteiger partial charge on any atom is 0.434 e. The third kappa shape index (κ3) is 4.98. The lowest BCUT2D eigenvalue weighted by Crippen LogP contribution is -2.29. The van der Waals surface area contributed by atoms with Gasteiger partial charge in [0.1, 0.15) is 0 Å². The van der Waals surface area contributed by atoms with E-state index >= 15 is 0 Å². The molecule has 0 aliphatic carbocycles. The van der Waals surface area contributed by atoms with Crippen molar-refractivity contribution in [3.63, 3.8) is 0 Å². The van der Waals surface area contributed by atoms with Crippen LogP contribution < -0.4 is 5.32 Å². The number of carbonyl (C=O) groups is 1. The van der Waals surface area contributed by atoms with Gasteiger partial charge in [0.05, 0.1) is 17.4 Å². The highest BCUT2D eigenvalue weighted by Crippen LogP contribution is 2.34. The zero-order valence-corrected chi connectivity index (χ0v) is 14.9. The van der Waals surface area contributed by atoms with Gasteiger partial charge in [-0.25, -0.2) is 4.68 Å². The van der Waals surface area contributed by atoms with Crippen molar-refractivity contribution in [2.45, 2.75) is 33.4 Å². The van der Waals surface area contributed by atoms with Gasteiger partial charge < -0.3 is 5.32 Å². The molecule has 1 amide bonds. The fraction of sp³-hybridized carbons (Fsp3) is 0.412. The van der Waals surface area contributed by atoms with E-state index in [0.29, 0.717) is 11.1 Å². The first-order valence-corrected chi connectivity index (χ1v) is 8.06. The van der Waals surface area contributed by atoms with Crippen LogP contribution in [0.2, 0.25) is 5.02 Å². The van der Waals surface area contributed by atoms with E-state index in [4.69, 9.17) is 11.6 Å². The summed E-state index contributed by atoms with van der Waals surface area (Å²) < 4.78 is 41.3. The minimum atomic E-state index is -4.74. The highest BCUT2D eigenvalue weighted by atomic mass is 35.5. The Morgan fingerprint density at radius 1 is 1.28 bits per heavy atom. The van der Waals surface area contributed by atoms with E-state index in [2.05, 4.69) is 10.4 Å².